The van der Waals surface area contributed by atoms with Gasteiger partial charge in [0, 0.05) is 22.6 Å². The van der Waals surface area contributed by atoms with Gasteiger partial charge in [0.05, 0.1) is 17.1 Å². The highest BCUT2D eigenvalue weighted by molar-refractivity contribution is 7.80. The van der Waals surface area contributed by atoms with Gasteiger partial charge in [-0.25, -0.2) is 4.79 Å². The van der Waals surface area contributed by atoms with E-state index in [1.165, 1.54) is 35.6 Å². The highest BCUT2D eigenvalue weighted by atomic mass is 32.1. The number of thiophene rings is 1. The van der Waals surface area contributed by atoms with E-state index < -0.39 is 16.8 Å². The maximum absolute atomic E-state index is 12.5. The van der Waals surface area contributed by atoms with Crippen LogP contribution in [0.2, 0.25) is 0 Å². The summed E-state index contributed by atoms with van der Waals surface area (Å²) in [6.07, 6.45) is 3.78. The molecule has 152 valence electrons. The zero-order chi connectivity index (χ0) is 21.0. The van der Waals surface area contributed by atoms with Gasteiger partial charge in [-0.05, 0) is 62.5 Å². The maximum atomic E-state index is 12.5. The number of hydrogen-bond acceptors (Lipinski definition) is 7. The molecule has 1 aliphatic carbocycles. The fourth-order valence-electron chi connectivity index (χ4n) is 3.12. The number of nitrogens with one attached hydrogen (secondary N) is 2. The van der Waals surface area contributed by atoms with Crippen LogP contribution < -0.4 is 10.6 Å². The normalized spacial score (nSPS) is 12.6. The molecule has 10 heteroatoms. The largest absolute Gasteiger partial charge is 0.462 e. The number of aryl methyl sites for hydroxylation is 1. The van der Waals surface area contributed by atoms with Crippen LogP contribution in [0.3, 0.4) is 0 Å². The predicted molar refractivity (Wildman–Crippen MR) is 114 cm³/mol. The van der Waals surface area contributed by atoms with Crippen molar-refractivity contribution in [3.05, 3.63) is 55.9 Å². The monoisotopic (exact) mass is 433 g/mol. The molecule has 29 heavy (non-hydrogen) atoms. The Kier molecular flexibility index (Phi) is 6.55. The number of nitro benzene ring substituents is 1. The molecule has 1 aromatic carbocycles. The summed E-state index contributed by atoms with van der Waals surface area (Å²) in [6, 6.07) is 5.20. The average molecular weight is 434 g/mol. The van der Waals surface area contributed by atoms with Crippen LogP contribution in [-0.2, 0) is 17.6 Å². The number of anilines is 1. The van der Waals surface area contributed by atoms with Crippen molar-refractivity contribution in [2.75, 3.05) is 11.9 Å². The summed E-state index contributed by atoms with van der Waals surface area (Å²) in [7, 11) is 0. The number of nitrogens with zero attached hydrogens (tertiary/aromatic N) is 1. The molecule has 0 atom stereocenters. The van der Waals surface area contributed by atoms with Crippen molar-refractivity contribution < 1.29 is 19.2 Å². The molecule has 0 radical (unpaired) electrons. The van der Waals surface area contributed by atoms with Gasteiger partial charge in [-0.15, -0.1) is 11.3 Å². The van der Waals surface area contributed by atoms with E-state index in [2.05, 4.69) is 10.6 Å². The van der Waals surface area contributed by atoms with E-state index in [0.29, 0.717) is 10.6 Å². The molecule has 1 aromatic heterocycles. The second-order valence-electron chi connectivity index (χ2n) is 6.35. The Bertz CT molecular complexity index is 969. The third-order valence-electron chi connectivity index (χ3n) is 4.45. The first-order valence-electron chi connectivity index (χ1n) is 9.09. The molecule has 2 N–H and O–H groups in total. The van der Waals surface area contributed by atoms with Gasteiger partial charge in [0.15, 0.2) is 5.11 Å². The lowest BCUT2D eigenvalue weighted by atomic mass is 9.95. The van der Waals surface area contributed by atoms with E-state index in [-0.39, 0.29) is 23.0 Å². The molecule has 1 amide bonds. The Labute approximate surface area is 176 Å². The molecule has 0 fully saturated rings. The molecule has 0 saturated heterocycles. The van der Waals surface area contributed by atoms with E-state index in [1.54, 1.807) is 6.92 Å². The average Bonchev–Trinajstić information content (AvgIpc) is 3.05. The highest BCUT2D eigenvalue weighted by Gasteiger charge is 2.27. The van der Waals surface area contributed by atoms with Crippen LogP contribution in [-0.4, -0.2) is 28.5 Å². The second kappa shape index (κ2) is 9.10. The number of amides is 1. The summed E-state index contributed by atoms with van der Waals surface area (Å²) in [5.74, 6) is -0.907. The molecule has 0 unspecified atom stereocenters. The minimum Gasteiger partial charge on any atom is -0.462 e. The molecule has 8 nitrogen and oxygen atoms in total. The first-order chi connectivity index (χ1) is 13.9. The topological polar surface area (TPSA) is 111 Å². The lowest BCUT2D eigenvalue weighted by Gasteiger charge is -2.13. The fraction of sp³-hybridized carbons (Fsp3) is 0.316. The number of rotatable bonds is 5. The van der Waals surface area contributed by atoms with Crippen molar-refractivity contribution in [1.82, 2.24) is 5.32 Å². The number of esters is 1. The van der Waals surface area contributed by atoms with E-state index in [1.807, 2.05) is 0 Å². The van der Waals surface area contributed by atoms with Gasteiger partial charge in [0.2, 0.25) is 0 Å². The molecule has 2 aromatic rings. The van der Waals surface area contributed by atoms with E-state index in [9.17, 15) is 19.7 Å². The number of carbonyl (C=O) groups is 2. The Morgan fingerprint density at radius 1 is 1.24 bits per heavy atom. The minimum absolute atomic E-state index is 0.0394. The predicted octanol–water partition coefficient (Wildman–Crippen LogP) is 3.84. The summed E-state index contributed by atoms with van der Waals surface area (Å²) >= 11 is 6.68. The van der Waals surface area contributed by atoms with Crippen molar-refractivity contribution in [2.24, 2.45) is 0 Å². The molecule has 1 heterocycles. The summed E-state index contributed by atoms with van der Waals surface area (Å²) < 4.78 is 5.20. The number of thiocarbonyl (C=S) groups is 1. The second-order valence-corrected chi connectivity index (χ2v) is 7.86. The number of non-ortho nitro benzene ring substituents is 1. The van der Waals surface area contributed by atoms with Crippen LogP contribution in [0.4, 0.5) is 10.7 Å². The Morgan fingerprint density at radius 3 is 2.59 bits per heavy atom. The van der Waals surface area contributed by atoms with Crippen LogP contribution in [0, 0.1) is 10.1 Å². The number of fused-ring (bicyclic) bond motifs is 1. The van der Waals surface area contributed by atoms with Crippen molar-refractivity contribution in [3.8, 4) is 0 Å². The van der Waals surface area contributed by atoms with E-state index >= 15 is 0 Å². The van der Waals surface area contributed by atoms with Crippen LogP contribution in [0.5, 0.6) is 0 Å². The van der Waals surface area contributed by atoms with Crippen LogP contribution >= 0.6 is 23.6 Å². The van der Waals surface area contributed by atoms with Crippen molar-refractivity contribution in [1.29, 1.82) is 0 Å². The number of ether oxygens (including phenoxy) is 1. The number of carbonyl (C=O) groups excluding carboxylic acids is 2. The van der Waals surface area contributed by atoms with Gasteiger partial charge >= 0.3 is 5.97 Å². The summed E-state index contributed by atoms with van der Waals surface area (Å²) in [4.78, 5) is 36.1. The Hall–Kier alpha value is -2.85. The Morgan fingerprint density at radius 2 is 1.93 bits per heavy atom. The number of benzene rings is 1. The zero-order valence-corrected chi connectivity index (χ0v) is 17.3. The van der Waals surface area contributed by atoms with Gasteiger partial charge in [-0.1, -0.05) is 0 Å². The molecule has 3 rings (SSSR count). The maximum Gasteiger partial charge on any atom is 0.341 e. The van der Waals surface area contributed by atoms with Crippen molar-refractivity contribution >= 4 is 51.2 Å². The molecule has 0 aliphatic heterocycles. The zero-order valence-electron chi connectivity index (χ0n) is 15.6. The van der Waals surface area contributed by atoms with E-state index in [0.717, 1.165) is 36.1 Å². The molecular weight excluding hydrogens is 414 g/mol. The Balaban J connectivity index is 1.74. The van der Waals surface area contributed by atoms with Gasteiger partial charge in [0.1, 0.15) is 5.00 Å². The minimum atomic E-state index is -0.538. The quantitative estimate of drug-likeness (QED) is 0.319. The smallest absolute Gasteiger partial charge is 0.341 e. The highest BCUT2D eigenvalue weighted by Crippen LogP contribution is 2.38. The first-order valence-corrected chi connectivity index (χ1v) is 10.3. The molecule has 0 spiro atoms. The lowest BCUT2D eigenvalue weighted by Crippen LogP contribution is -2.34. The SMILES string of the molecule is CCOC(=O)c1c(NC(=S)NC(=O)c2ccc([N+](=O)[O-])cc2)sc2c1CCCC2. The molecule has 0 bridgehead atoms. The van der Waals surface area contributed by atoms with Crippen LogP contribution in [0.15, 0.2) is 24.3 Å². The molecular formula is C19H19N3O5S2. The van der Waals surface area contributed by atoms with Crippen molar-refractivity contribution in [2.45, 2.75) is 32.6 Å². The molecule has 1 aliphatic rings. The van der Waals surface area contributed by atoms with Crippen LogP contribution in [0.1, 0.15) is 50.9 Å². The third kappa shape index (κ3) is 4.77. The summed E-state index contributed by atoms with van der Waals surface area (Å²) in [5.41, 5.74) is 1.60. The van der Waals surface area contributed by atoms with Crippen molar-refractivity contribution in [3.63, 3.8) is 0 Å². The van der Waals surface area contributed by atoms with Gasteiger partial charge < -0.3 is 10.1 Å². The standard InChI is InChI=1S/C19H19N3O5S2/c1-2-27-18(24)15-13-5-3-4-6-14(13)29-17(15)21-19(28)20-16(23)11-7-9-12(10-8-11)22(25)26/h7-10H,2-6H2,1H3,(H2,20,21,23,28). The lowest BCUT2D eigenvalue weighted by molar-refractivity contribution is -0.384. The van der Waals surface area contributed by atoms with Gasteiger partial charge in [-0.2, -0.15) is 0 Å². The number of hydrogen-bond donors (Lipinski definition) is 2. The number of nitro groups is 1. The third-order valence-corrected chi connectivity index (χ3v) is 5.86. The molecule has 0 saturated carbocycles. The van der Waals surface area contributed by atoms with Gasteiger partial charge in [0.25, 0.3) is 11.6 Å². The van der Waals surface area contributed by atoms with Crippen LogP contribution in [0.25, 0.3) is 0 Å². The van der Waals surface area contributed by atoms with E-state index in [4.69, 9.17) is 17.0 Å². The first kappa shape index (κ1) is 20.9. The van der Waals surface area contributed by atoms with Gasteiger partial charge in [-0.3, -0.25) is 20.2 Å². The summed E-state index contributed by atoms with van der Waals surface area (Å²) in [5, 5.41) is 16.8. The summed E-state index contributed by atoms with van der Waals surface area (Å²) in [6.45, 7) is 2.02. The fourth-order valence-corrected chi connectivity index (χ4v) is 4.66.